The van der Waals surface area contributed by atoms with Crippen molar-refractivity contribution in [3.05, 3.63) is 93.3 Å². The summed E-state index contributed by atoms with van der Waals surface area (Å²) in [7, 11) is -1.14. The molecule has 4 aromatic rings. The molecule has 3 N–H and O–H groups in total. The van der Waals surface area contributed by atoms with Crippen LogP contribution in [0.2, 0.25) is 0 Å². The summed E-state index contributed by atoms with van der Waals surface area (Å²) >= 11 is 0. The zero-order chi connectivity index (χ0) is 24.6. The summed E-state index contributed by atoms with van der Waals surface area (Å²) in [5.74, 6) is 0. The molecular weight excluding hydrogens is 446 g/mol. The molecule has 7 heteroatoms. The molecule has 0 fully saturated rings. The third-order valence-corrected chi connectivity index (χ3v) is 6.26. The lowest BCUT2D eigenvalue weighted by Crippen LogP contribution is -2.23. The van der Waals surface area contributed by atoms with E-state index in [0.717, 1.165) is 38.7 Å². The number of nitrogens with one attached hydrogen (secondary N) is 3. The van der Waals surface area contributed by atoms with Crippen LogP contribution in [0.5, 0.6) is 0 Å². The molecule has 0 aliphatic carbocycles. The van der Waals surface area contributed by atoms with Crippen molar-refractivity contribution < 1.29 is 4.21 Å². The third kappa shape index (κ3) is 4.65. The van der Waals surface area contributed by atoms with Gasteiger partial charge in [-0.1, -0.05) is 51.6 Å². The summed E-state index contributed by atoms with van der Waals surface area (Å²) in [5.41, 5.74) is 4.69. The Morgan fingerprint density at radius 1 is 0.941 bits per heavy atom. The number of aromatic nitrogens is 2. The van der Waals surface area contributed by atoms with Crippen molar-refractivity contribution in [1.29, 1.82) is 0 Å². The normalized spacial score (nSPS) is 12.5. The Hall–Kier alpha value is -3.71. The van der Waals surface area contributed by atoms with E-state index in [4.69, 9.17) is 0 Å². The first kappa shape index (κ1) is 23.4. The zero-order valence-corrected chi connectivity index (χ0v) is 20.4. The largest absolute Gasteiger partial charge is 0.325 e. The van der Waals surface area contributed by atoms with E-state index in [9.17, 15) is 13.8 Å². The highest BCUT2D eigenvalue weighted by molar-refractivity contribution is 7.85. The molecule has 34 heavy (non-hydrogen) atoms. The molecule has 1 atom stereocenters. The van der Waals surface area contributed by atoms with E-state index < -0.39 is 22.2 Å². The summed E-state index contributed by atoms with van der Waals surface area (Å²) in [6, 6.07) is 16.0. The van der Waals surface area contributed by atoms with E-state index in [-0.39, 0.29) is 5.41 Å². The fourth-order valence-corrected chi connectivity index (χ4v) is 4.61. The Kier molecular flexibility index (Phi) is 6.15. The first-order chi connectivity index (χ1) is 16.1. The van der Waals surface area contributed by atoms with Crippen molar-refractivity contribution in [2.75, 3.05) is 11.0 Å². The van der Waals surface area contributed by atoms with Gasteiger partial charge >= 0.3 is 5.69 Å². The van der Waals surface area contributed by atoms with Crippen molar-refractivity contribution in [3.8, 4) is 22.3 Å². The smallest absolute Gasteiger partial charge is 0.313 e. The molecule has 6 nitrogen and oxygen atoms in total. The van der Waals surface area contributed by atoms with Gasteiger partial charge in [-0.25, -0.2) is 9.00 Å². The van der Waals surface area contributed by atoms with Crippen LogP contribution in [0, 0.1) is 0 Å². The van der Waals surface area contributed by atoms with Crippen LogP contribution in [-0.2, 0) is 16.4 Å². The lowest BCUT2D eigenvalue weighted by atomic mass is 9.79. The monoisotopic (exact) mass is 473 g/mol. The second-order valence-corrected chi connectivity index (χ2v) is 10.4. The minimum absolute atomic E-state index is 0.212. The molecule has 174 valence electrons. The maximum absolute atomic E-state index is 12.6. The highest BCUT2D eigenvalue weighted by Crippen LogP contribution is 2.38. The molecule has 4 rings (SSSR count). The molecule has 1 aromatic heterocycles. The number of fused-ring (bicyclic) bond motifs is 1. The van der Waals surface area contributed by atoms with Gasteiger partial charge in [0.15, 0.2) is 0 Å². The van der Waals surface area contributed by atoms with Crippen LogP contribution in [0.3, 0.4) is 0 Å². The average molecular weight is 474 g/mol. The number of H-pyrrole nitrogens is 2. The fraction of sp³-hybridized carbons (Fsp3) is 0.185. The molecule has 1 unspecified atom stereocenters. The topological polar surface area (TPSA) is 94.8 Å². The van der Waals surface area contributed by atoms with Gasteiger partial charge in [-0.15, -0.1) is 0 Å². The number of aromatic amines is 2. The van der Waals surface area contributed by atoms with Crippen LogP contribution in [0.1, 0.15) is 31.9 Å². The van der Waals surface area contributed by atoms with Gasteiger partial charge in [-0.2, -0.15) is 0 Å². The van der Waals surface area contributed by atoms with Crippen LogP contribution < -0.4 is 16.0 Å². The number of hydrogen-bond donors (Lipinski definition) is 3. The van der Waals surface area contributed by atoms with Crippen molar-refractivity contribution >= 4 is 33.5 Å². The van der Waals surface area contributed by atoms with Crippen molar-refractivity contribution in [2.24, 2.45) is 0 Å². The molecule has 1 heterocycles. The Morgan fingerprint density at radius 3 is 2.29 bits per heavy atom. The molecule has 3 aromatic carbocycles. The van der Waals surface area contributed by atoms with Crippen LogP contribution in [0.25, 0.3) is 39.1 Å². The zero-order valence-electron chi connectivity index (χ0n) is 19.6. The van der Waals surface area contributed by atoms with E-state index in [2.05, 4.69) is 48.1 Å². The summed E-state index contributed by atoms with van der Waals surface area (Å²) < 4.78 is 14.4. The van der Waals surface area contributed by atoms with Gasteiger partial charge in [0.2, 0.25) is 0 Å². The number of hydrogen-bond acceptors (Lipinski definition) is 3. The maximum atomic E-state index is 12.6. The highest BCUT2D eigenvalue weighted by atomic mass is 32.2. The lowest BCUT2D eigenvalue weighted by Gasteiger charge is -2.25. The van der Waals surface area contributed by atoms with Gasteiger partial charge in [0, 0.05) is 18.1 Å². The van der Waals surface area contributed by atoms with Crippen LogP contribution in [0.4, 0.5) is 5.69 Å². The van der Waals surface area contributed by atoms with Gasteiger partial charge in [-0.3, -0.25) is 9.78 Å². The Balaban J connectivity index is 1.96. The molecular formula is C27H27N3O3S. The lowest BCUT2D eigenvalue weighted by molar-refractivity contribution is 0.589. The van der Waals surface area contributed by atoms with Gasteiger partial charge < -0.3 is 9.71 Å². The van der Waals surface area contributed by atoms with E-state index in [1.807, 2.05) is 48.5 Å². The van der Waals surface area contributed by atoms with Crippen LogP contribution in [0.15, 0.2) is 70.9 Å². The fourth-order valence-electron chi connectivity index (χ4n) is 4.15. The Bertz CT molecular complexity index is 1560. The second-order valence-electron chi connectivity index (χ2n) is 9.26. The third-order valence-electron chi connectivity index (χ3n) is 5.74. The molecule has 0 aliphatic rings. The first-order valence-electron chi connectivity index (χ1n) is 10.8. The minimum atomic E-state index is -1.14. The second kappa shape index (κ2) is 8.91. The predicted octanol–water partition coefficient (Wildman–Crippen LogP) is 5.20. The van der Waals surface area contributed by atoms with Gasteiger partial charge in [0.1, 0.15) is 11.0 Å². The van der Waals surface area contributed by atoms with E-state index in [1.54, 1.807) is 6.26 Å². The Morgan fingerprint density at radius 2 is 1.65 bits per heavy atom. The number of benzene rings is 3. The quantitative estimate of drug-likeness (QED) is 0.372. The van der Waals surface area contributed by atoms with Crippen molar-refractivity contribution in [3.63, 3.8) is 0 Å². The standard InChI is InChI=1S/C27H27N3O3S/c1-6-21-22(18-8-7-17-12-20(30-34(5)33)10-9-16(17)11-18)13-19(14-24(21)27(2,3)4)23-15-28-26(32)29-25(23)31/h6-15,30H,1H2,2-5H3,(H2,28,29,31,32). The molecule has 0 radical (unpaired) electrons. The van der Waals surface area contributed by atoms with E-state index in [0.29, 0.717) is 11.1 Å². The minimum Gasteiger partial charge on any atom is -0.313 e. The van der Waals surface area contributed by atoms with Crippen LogP contribution >= 0.6 is 0 Å². The van der Waals surface area contributed by atoms with Gasteiger partial charge in [0.05, 0.1) is 5.56 Å². The van der Waals surface area contributed by atoms with Crippen molar-refractivity contribution in [2.45, 2.75) is 26.2 Å². The van der Waals surface area contributed by atoms with Gasteiger partial charge in [0.25, 0.3) is 5.56 Å². The van der Waals surface area contributed by atoms with E-state index >= 15 is 0 Å². The molecule has 0 saturated carbocycles. The molecule has 0 aliphatic heterocycles. The number of rotatable bonds is 5. The summed E-state index contributed by atoms with van der Waals surface area (Å²) in [6.07, 6.45) is 4.90. The SMILES string of the molecule is C=Cc1c(-c2ccc3cc(NS(C)=O)ccc3c2)cc(-c2c[nH]c(=O)[nH]c2=O)cc1C(C)(C)C. The van der Waals surface area contributed by atoms with Crippen molar-refractivity contribution in [1.82, 2.24) is 9.97 Å². The summed E-state index contributed by atoms with van der Waals surface area (Å²) in [5, 5.41) is 2.05. The van der Waals surface area contributed by atoms with E-state index in [1.165, 1.54) is 6.20 Å². The number of anilines is 1. The Labute approximate surface area is 200 Å². The molecule has 0 spiro atoms. The summed E-state index contributed by atoms with van der Waals surface area (Å²) in [4.78, 5) is 29.0. The van der Waals surface area contributed by atoms with Gasteiger partial charge in [-0.05, 0) is 74.3 Å². The average Bonchev–Trinajstić information content (AvgIpc) is 2.77. The molecule has 0 saturated heterocycles. The van der Waals surface area contributed by atoms with Crippen LogP contribution in [-0.4, -0.2) is 20.4 Å². The highest BCUT2D eigenvalue weighted by Gasteiger charge is 2.22. The first-order valence-corrected chi connectivity index (χ1v) is 12.4. The summed E-state index contributed by atoms with van der Waals surface area (Å²) in [6.45, 7) is 10.4. The molecule has 0 amide bonds. The molecule has 0 bridgehead atoms. The maximum Gasteiger partial charge on any atom is 0.325 e. The predicted molar refractivity (Wildman–Crippen MR) is 143 cm³/mol.